The van der Waals surface area contributed by atoms with Gasteiger partial charge in [-0.2, -0.15) is 0 Å². The van der Waals surface area contributed by atoms with Crippen molar-refractivity contribution in [2.75, 3.05) is 0 Å². The van der Waals surface area contributed by atoms with Gasteiger partial charge in [0.15, 0.2) is 0 Å². The van der Waals surface area contributed by atoms with Gasteiger partial charge in [0.25, 0.3) is 0 Å². The van der Waals surface area contributed by atoms with E-state index in [0.29, 0.717) is 12.4 Å². The van der Waals surface area contributed by atoms with E-state index in [1.165, 1.54) is 57.8 Å². The number of carbonyl (C=O) groups excluding carboxylic acids is 1. The van der Waals surface area contributed by atoms with Crippen LogP contribution < -0.4 is 10.00 Å². The number of amides is 1. The van der Waals surface area contributed by atoms with Crippen molar-refractivity contribution in [1.29, 1.82) is 0 Å². The summed E-state index contributed by atoms with van der Waals surface area (Å²) in [6.07, 6.45) is 15.3. The van der Waals surface area contributed by atoms with Crippen LogP contribution in [0.3, 0.4) is 0 Å². The van der Waals surface area contributed by atoms with E-state index in [1.54, 1.807) is 6.33 Å². The fourth-order valence-corrected chi connectivity index (χ4v) is 4.52. The first-order valence-corrected chi connectivity index (χ1v) is 12.9. The molecule has 0 aliphatic heterocycles. The van der Waals surface area contributed by atoms with Crippen molar-refractivity contribution < 1.29 is 9.48 Å². The Kier molecular flexibility index (Phi) is 9.76. The first kappa shape index (κ1) is 25.3. The molecule has 0 radical (unpaired) electrons. The van der Waals surface area contributed by atoms with Crippen LogP contribution >= 0.6 is 0 Å². The van der Waals surface area contributed by atoms with Crippen molar-refractivity contribution in [2.24, 2.45) is 11.3 Å². The molecule has 1 aliphatic rings. The minimum absolute atomic E-state index is 0.118. The molecule has 6 nitrogen and oxygen atoms in total. The molecule has 1 aromatic carbocycles. The monoisotopic (exact) mass is 452 g/mol. The Labute approximate surface area is 199 Å². The summed E-state index contributed by atoms with van der Waals surface area (Å²) in [5.74, 6) is 0.992. The zero-order valence-corrected chi connectivity index (χ0v) is 20.9. The fraction of sp³-hybridized carbons (Fsp3) is 0.667. The average Bonchev–Trinajstić information content (AvgIpc) is 2.77. The lowest BCUT2D eigenvalue weighted by Gasteiger charge is -2.18. The minimum Gasteiger partial charge on any atom is -0.352 e. The minimum atomic E-state index is 0.118. The van der Waals surface area contributed by atoms with Gasteiger partial charge in [0, 0.05) is 23.4 Å². The van der Waals surface area contributed by atoms with E-state index in [9.17, 15) is 4.79 Å². The highest BCUT2D eigenvalue weighted by Gasteiger charge is 2.19. The van der Waals surface area contributed by atoms with Gasteiger partial charge in [-0.1, -0.05) is 108 Å². The summed E-state index contributed by atoms with van der Waals surface area (Å²) in [6, 6.07) is 8.11. The quantitative estimate of drug-likeness (QED) is 0.616. The molecular weight excluding hydrogens is 410 g/mol. The van der Waals surface area contributed by atoms with Crippen molar-refractivity contribution in [3.8, 4) is 11.4 Å². The Hall–Kier alpha value is -2.37. The third kappa shape index (κ3) is 9.18. The first-order chi connectivity index (χ1) is 15.9. The van der Waals surface area contributed by atoms with E-state index in [1.807, 2.05) is 28.9 Å². The molecule has 1 N–H and O–H groups in total. The lowest BCUT2D eigenvalue weighted by molar-refractivity contribution is -0.766. The maximum atomic E-state index is 12.9. The molecule has 1 aliphatic carbocycles. The van der Waals surface area contributed by atoms with Crippen LogP contribution in [0.4, 0.5) is 0 Å². The molecule has 180 valence electrons. The number of hydrogen-bond donors (Lipinski definition) is 1. The molecule has 0 atom stereocenters. The maximum absolute atomic E-state index is 12.9. The van der Waals surface area contributed by atoms with E-state index in [-0.39, 0.29) is 17.2 Å². The highest BCUT2D eigenvalue weighted by molar-refractivity contribution is 5.78. The van der Waals surface area contributed by atoms with Gasteiger partial charge in [0.2, 0.25) is 11.7 Å². The number of hydrogen-bond acceptors (Lipinski definition) is 4. The molecular formula is C27H42N5O+. The van der Waals surface area contributed by atoms with Crippen LogP contribution in [0.2, 0.25) is 0 Å². The van der Waals surface area contributed by atoms with Gasteiger partial charge in [0.05, 0.1) is 5.10 Å². The predicted octanol–water partition coefficient (Wildman–Crippen LogP) is 5.41. The van der Waals surface area contributed by atoms with Crippen molar-refractivity contribution in [3.63, 3.8) is 0 Å². The van der Waals surface area contributed by atoms with Crippen molar-refractivity contribution in [1.82, 2.24) is 20.6 Å². The predicted molar refractivity (Wildman–Crippen MR) is 131 cm³/mol. The SMILES string of the molecule is CC(C)(C)C[n+]1cnnc(-c2ccc(CNC(=O)C3CCCCCCCCCCC3)cc2)n1. The molecule has 2 aromatic rings. The molecule has 0 spiro atoms. The molecule has 0 unspecified atom stereocenters. The highest BCUT2D eigenvalue weighted by atomic mass is 16.1. The molecule has 1 aromatic heterocycles. The van der Waals surface area contributed by atoms with Crippen molar-refractivity contribution in [3.05, 3.63) is 36.2 Å². The topological polar surface area (TPSA) is 71.7 Å². The third-order valence-corrected chi connectivity index (χ3v) is 6.35. The van der Waals surface area contributed by atoms with E-state index >= 15 is 0 Å². The number of benzene rings is 1. The summed E-state index contributed by atoms with van der Waals surface area (Å²) in [4.78, 5) is 12.9. The third-order valence-electron chi connectivity index (χ3n) is 6.35. The lowest BCUT2D eigenvalue weighted by atomic mass is 9.92. The Bertz CT molecular complexity index is 848. The van der Waals surface area contributed by atoms with Crippen LogP contribution in [0.15, 0.2) is 30.6 Å². The van der Waals surface area contributed by atoms with Gasteiger partial charge in [-0.3, -0.25) is 4.79 Å². The average molecular weight is 453 g/mol. The van der Waals surface area contributed by atoms with Gasteiger partial charge in [-0.25, -0.2) is 0 Å². The van der Waals surface area contributed by atoms with Gasteiger partial charge >= 0.3 is 6.33 Å². The Balaban J connectivity index is 1.54. The van der Waals surface area contributed by atoms with E-state index in [2.05, 4.69) is 41.4 Å². The largest absolute Gasteiger partial charge is 0.352 e. The van der Waals surface area contributed by atoms with E-state index in [4.69, 9.17) is 0 Å². The Morgan fingerprint density at radius 3 is 2.09 bits per heavy atom. The second kappa shape index (κ2) is 12.8. The fourth-order valence-electron chi connectivity index (χ4n) is 4.52. The van der Waals surface area contributed by atoms with Gasteiger partial charge in [0.1, 0.15) is 6.54 Å². The van der Waals surface area contributed by atoms with Crippen LogP contribution in [-0.4, -0.2) is 21.2 Å². The van der Waals surface area contributed by atoms with E-state index in [0.717, 1.165) is 30.5 Å². The van der Waals surface area contributed by atoms with Crippen LogP contribution in [0.25, 0.3) is 11.4 Å². The van der Waals surface area contributed by atoms with Gasteiger partial charge < -0.3 is 5.32 Å². The van der Waals surface area contributed by atoms with Crippen LogP contribution in [0, 0.1) is 11.3 Å². The molecule has 1 amide bonds. The van der Waals surface area contributed by atoms with Crippen molar-refractivity contribution in [2.45, 2.75) is 104 Å². The van der Waals surface area contributed by atoms with E-state index < -0.39 is 0 Å². The molecule has 1 fully saturated rings. The highest BCUT2D eigenvalue weighted by Crippen LogP contribution is 2.22. The first-order valence-electron chi connectivity index (χ1n) is 12.9. The number of carbonyl (C=O) groups is 1. The Morgan fingerprint density at radius 1 is 0.939 bits per heavy atom. The Morgan fingerprint density at radius 2 is 1.52 bits per heavy atom. The van der Waals surface area contributed by atoms with Crippen molar-refractivity contribution >= 4 is 5.91 Å². The zero-order chi connectivity index (χ0) is 23.5. The van der Waals surface area contributed by atoms with Crippen LogP contribution in [-0.2, 0) is 17.9 Å². The number of nitrogens with one attached hydrogen (secondary N) is 1. The molecule has 0 bridgehead atoms. The summed E-state index contributed by atoms with van der Waals surface area (Å²) >= 11 is 0. The van der Waals surface area contributed by atoms with Crippen LogP contribution in [0.1, 0.15) is 97.0 Å². The standard InChI is InChI=1S/C27H41N5O/c1-27(2,3)20-32-21-29-30-25(31-32)23-17-15-22(16-18-23)19-28-26(33)24-13-11-9-7-5-4-6-8-10-12-14-24/h15-18,21,24H,4-14,19-20H2,1-3H3/p+1. The van der Waals surface area contributed by atoms with Gasteiger partial charge in [-0.15, -0.1) is 4.68 Å². The molecule has 6 heteroatoms. The molecule has 1 saturated carbocycles. The maximum Gasteiger partial charge on any atom is 0.334 e. The normalized spacial score (nSPS) is 17.1. The smallest absolute Gasteiger partial charge is 0.334 e. The molecule has 1 heterocycles. The summed E-state index contributed by atoms with van der Waals surface area (Å²) in [6.45, 7) is 7.86. The zero-order valence-electron chi connectivity index (χ0n) is 20.9. The molecule has 33 heavy (non-hydrogen) atoms. The number of aromatic nitrogens is 4. The summed E-state index contributed by atoms with van der Waals surface area (Å²) in [5.41, 5.74) is 2.14. The lowest BCUT2D eigenvalue weighted by Crippen LogP contribution is -2.44. The van der Waals surface area contributed by atoms with Gasteiger partial charge in [-0.05, 0) is 23.5 Å². The summed E-state index contributed by atoms with van der Waals surface area (Å²) in [7, 11) is 0. The molecule has 0 saturated heterocycles. The van der Waals surface area contributed by atoms with Crippen LogP contribution in [0.5, 0.6) is 0 Å². The second-order valence-electron chi connectivity index (χ2n) is 10.8. The summed E-state index contributed by atoms with van der Waals surface area (Å²) < 4.78 is 1.85. The summed E-state index contributed by atoms with van der Waals surface area (Å²) in [5, 5.41) is 16.1. The number of nitrogens with zero attached hydrogens (tertiary/aromatic N) is 4. The second-order valence-corrected chi connectivity index (χ2v) is 10.8. The molecule has 3 rings (SSSR count). The number of rotatable bonds is 5.